The molecule has 1 unspecified atom stereocenters. The van der Waals surface area contributed by atoms with Crippen LogP contribution in [0.3, 0.4) is 0 Å². The first-order chi connectivity index (χ1) is 8.88. The Hall–Kier alpha value is -1.75. The average Bonchev–Trinajstić information content (AvgIpc) is 2.38. The summed E-state index contributed by atoms with van der Waals surface area (Å²) in [5.74, 6) is 0.364. The van der Waals surface area contributed by atoms with Gasteiger partial charge in [0.1, 0.15) is 5.75 Å². The smallest absolute Gasteiger partial charge is 0.237 e. The van der Waals surface area contributed by atoms with Crippen molar-refractivity contribution in [3.8, 4) is 5.75 Å². The second-order valence-electron chi connectivity index (χ2n) is 4.98. The zero-order chi connectivity index (χ0) is 14.5. The fourth-order valence-electron chi connectivity index (χ4n) is 1.87. The number of benzene rings is 1. The molecule has 5 nitrogen and oxygen atoms in total. The Bertz CT molecular complexity index is 432. The first-order valence-electron chi connectivity index (χ1n) is 6.31. The molecule has 106 valence electrons. The molecule has 1 aromatic carbocycles. The first-order valence-corrected chi connectivity index (χ1v) is 6.31. The quantitative estimate of drug-likeness (QED) is 0.774. The molecule has 0 aliphatic rings. The number of rotatable bonds is 7. The molecule has 0 bridgehead atoms. The van der Waals surface area contributed by atoms with Crippen LogP contribution in [0.25, 0.3) is 0 Å². The Morgan fingerprint density at radius 3 is 2.63 bits per heavy atom. The van der Waals surface area contributed by atoms with Crippen molar-refractivity contribution in [3.05, 3.63) is 24.3 Å². The lowest BCUT2D eigenvalue weighted by molar-refractivity contribution is -0.122. The summed E-state index contributed by atoms with van der Waals surface area (Å²) in [7, 11) is 3.63. The number of carbonyl (C=O) groups excluding carboxylic acids is 1. The van der Waals surface area contributed by atoms with Crippen LogP contribution in [0, 0.1) is 0 Å². The van der Waals surface area contributed by atoms with Crippen molar-refractivity contribution in [1.82, 2.24) is 0 Å². The summed E-state index contributed by atoms with van der Waals surface area (Å²) < 4.78 is 5.31. The second kappa shape index (κ2) is 6.43. The van der Waals surface area contributed by atoms with Crippen molar-refractivity contribution in [3.63, 3.8) is 0 Å². The molecular weight excluding hydrogens is 242 g/mol. The molecule has 1 aromatic rings. The Labute approximate surface area is 114 Å². The highest BCUT2D eigenvalue weighted by Crippen LogP contribution is 2.26. The van der Waals surface area contributed by atoms with Crippen LogP contribution in [0.5, 0.6) is 5.75 Å². The fourth-order valence-corrected chi connectivity index (χ4v) is 1.87. The zero-order valence-corrected chi connectivity index (χ0v) is 11.8. The average molecular weight is 265 g/mol. The molecule has 0 aliphatic carbocycles. The van der Waals surface area contributed by atoms with E-state index in [0.29, 0.717) is 6.42 Å². The third-order valence-corrected chi connectivity index (χ3v) is 3.25. The van der Waals surface area contributed by atoms with E-state index in [1.807, 2.05) is 31.3 Å². The van der Waals surface area contributed by atoms with E-state index in [-0.39, 0.29) is 0 Å². The molecular formula is C14H23N3O2. The highest BCUT2D eigenvalue weighted by Gasteiger charge is 2.24. The van der Waals surface area contributed by atoms with E-state index in [4.69, 9.17) is 16.2 Å². The highest BCUT2D eigenvalue weighted by molar-refractivity contribution is 5.83. The van der Waals surface area contributed by atoms with Gasteiger partial charge in [0.05, 0.1) is 18.3 Å². The number of para-hydroxylation sites is 2. The third kappa shape index (κ3) is 4.13. The minimum Gasteiger partial charge on any atom is -0.495 e. The molecule has 0 aromatic heterocycles. The molecule has 0 heterocycles. The Morgan fingerprint density at radius 1 is 1.42 bits per heavy atom. The molecule has 0 aliphatic heterocycles. The molecule has 19 heavy (non-hydrogen) atoms. The molecule has 5 heteroatoms. The van der Waals surface area contributed by atoms with Gasteiger partial charge in [-0.25, -0.2) is 0 Å². The monoisotopic (exact) mass is 265 g/mol. The minimum absolute atomic E-state index is 0.465. The molecule has 0 fully saturated rings. The topological polar surface area (TPSA) is 81.6 Å². The van der Waals surface area contributed by atoms with Crippen LogP contribution >= 0.6 is 0 Å². The summed E-state index contributed by atoms with van der Waals surface area (Å²) >= 11 is 0. The maximum Gasteiger partial charge on any atom is 0.237 e. The van der Waals surface area contributed by atoms with E-state index in [9.17, 15) is 4.79 Å². The third-order valence-electron chi connectivity index (χ3n) is 3.25. The van der Waals surface area contributed by atoms with E-state index in [2.05, 4.69) is 4.90 Å². The number of carbonyl (C=O) groups is 1. The van der Waals surface area contributed by atoms with Crippen molar-refractivity contribution in [2.75, 3.05) is 25.6 Å². The summed E-state index contributed by atoms with van der Waals surface area (Å²) in [6.45, 7) is 2.44. The standard InChI is InChI=1S/C14H23N3O2/c1-14(16,13(15)18)9-6-10-17(2)11-7-4-5-8-12(11)19-3/h4-5,7-8H,6,9-10,16H2,1-3H3,(H2,15,18). The summed E-state index contributed by atoms with van der Waals surface area (Å²) in [6, 6.07) is 7.81. The Morgan fingerprint density at radius 2 is 2.05 bits per heavy atom. The summed E-state index contributed by atoms with van der Waals surface area (Å²) in [4.78, 5) is 13.2. The summed E-state index contributed by atoms with van der Waals surface area (Å²) in [5.41, 5.74) is 11.1. The zero-order valence-electron chi connectivity index (χ0n) is 11.8. The van der Waals surface area contributed by atoms with Gasteiger partial charge in [0.25, 0.3) is 0 Å². The van der Waals surface area contributed by atoms with Crippen LogP contribution in [0.15, 0.2) is 24.3 Å². The Balaban J connectivity index is 2.56. The van der Waals surface area contributed by atoms with Gasteiger partial charge in [0, 0.05) is 13.6 Å². The van der Waals surface area contributed by atoms with Gasteiger partial charge in [-0.2, -0.15) is 0 Å². The van der Waals surface area contributed by atoms with Gasteiger partial charge in [-0.15, -0.1) is 0 Å². The largest absolute Gasteiger partial charge is 0.495 e. The minimum atomic E-state index is -0.943. The summed E-state index contributed by atoms with van der Waals surface area (Å²) in [5, 5.41) is 0. The first kappa shape index (κ1) is 15.3. The van der Waals surface area contributed by atoms with Crippen LogP contribution < -0.4 is 21.1 Å². The molecule has 1 atom stereocenters. The van der Waals surface area contributed by atoms with Crippen LogP contribution in [-0.4, -0.2) is 32.1 Å². The van der Waals surface area contributed by atoms with Crippen LogP contribution in [-0.2, 0) is 4.79 Å². The van der Waals surface area contributed by atoms with Gasteiger partial charge in [-0.05, 0) is 31.9 Å². The number of methoxy groups -OCH3 is 1. The lowest BCUT2D eigenvalue weighted by Crippen LogP contribution is -2.49. The second-order valence-corrected chi connectivity index (χ2v) is 4.98. The van der Waals surface area contributed by atoms with Crippen LogP contribution in [0.4, 0.5) is 5.69 Å². The fraction of sp³-hybridized carbons (Fsp3) is 0.500. The van der Waals surface area contributed by atoms with Crippen molar-refractivity contribution >= 4 is 11.6 Å². The lowest BCUT2D eigenvalue weighted by Gasteiger charge is -2.24. The van der Waals surface area contributed by atoms with Crippen molar-refractivity contribution in [1.29, 1.82) is 0 Å². The molecule has 0 radical (unpaired) electrons. The predicted molar refractivity (Wildman–Crippen MR) is 77.3 cm³/mol. The van der Waals surface area contributed by atoms with Gasteiger partial charge in [0.2, 0.25) is 5.91 Å². The lowest BCUT2D eigenvalue weighted by atomic mass is 9.96. The number of amides is 1. The molecule has 0 spiro atoms. The number of anilines is 1. The van der Waals surface area contributed by atoms with Crippen molar-refractivity contribution in [2.24, 2.45) is 11.5 Å². The van der Waals surface area contributed by atoms with Gasteiger partial charge in [-0.1, -0.05) is 12.1 Å². The number of nitrogens with zero attached hydrogens (tertiary/aromatic N) is 1. The van der Waals surface area contributed by atoms with E-state index in [0.717, 1.165) is 24.4 Å². The molecule has 1 amide bonds. The normalized spacial score (nSPS) is 13.7. The summed E-state index contributed by atoms with van der Waals surface area (Å²) in [6.07, 6.45) is 1.34. The van der Waals surface area contributed by atoms with E-state index >= 15 is 0 Å². The van der Waals surface area contributed by atoms with Gasteiger partial charge in [0.15, 0.2) is 0 Å². The number of hydrogen-bond donors (Lipinski definition) is 2. The molecule has 1 rings (SSSR count). The van der Waals surface area contributed by atoms with E-state index < -0.39 is 11.4 Å². The number of hydrogen-bond acceptors (Lipinski definition) is 4. The van der Waals surface area contributed by atoms with Crippen LogP contribution in [0.1, 0.15) is 19.8 Å². The van der Waals surface area contributed by atoms with Crippen molar-refractivity contribution < 1.29 is 9.53 Å². The molecule has 4 N–H and O–H groups in total. The maximum absolute atomic E-state index is 11.1. The molecule has 0 saturated heterocycles. The van der Waals surface area contributed by atoms with Gasteiger partial charge >= 0.3 is 0 Å². The number of nitrogens with two attached hydrogens (primary N) is 2. The number of ether oxygens (including phenoxy) is 1. The van der Waals surface area contributed by atoms with E-state index in [1.165, 1.54) is 0 Å². The number of primary amides is 1. The maximum atomic E-state index is 11.1. The SMILES string of the molecule is COc1ccccc1N(C)CCCC(C)(N)C(N)=O. The predicted octanol–water partition coefficient (Wildman–Crippen LogP) is 1.11. The van der Waals surface area contributed by atoms with E-state index in [1.54, 1.807) is 14.0 Å². The highest BCUT2D eigenvalue weighted by atomic mass is 16.5. The van der Waals surface area contributed by atoms with Gasteiger partial charge in [-0.3, -0.25) is 4.79 Å². The Kier molecular flexibility index (Phi) is 5.18. The van der Waals surface area contributed by atoms with Crippen LogP contribution in [0.2, 0.25) is 0 Å². The van der Waals surface area contributed by atoms with Crippen molar-refractivity contribution in [2.45, 2.75) is 25.3 Å². The van der Waals surface area contributed by atoms with Gasteiger partial charge < -0.3 is 21.1 Å². The molecule has 0 saturated carbocycles.